The molecule has 0 radical (unpaired) electrons. The Balaban J connectivity index is 2.58. The largest absolute Gasteiger partial charge is 0.318 e. The lowest BCUT2D eigenvalue weighted by atomic mass is 10.2. The molecule has 1 aliphatic heterocycles. The lowest BCUT2D eigenvalue weighted by Crippen LogP contribution is -2.47. The monoisotopic (exact) mass is 227 g/mol. The van der Waals surface area contributed by atoms with Crippen LogP contribution in [0.5, 0.6) is 0 Å². The first-order valence-electron chi connectivity index (χ1n) is 6.63. The average Bonchev–Trinajstić information content (AvgIpc) is 2.33. The normalized spacial score (nSPS) is 29.6. The third-order valence-electron chi connectivity index (χ3n) is 3.67. The van der Waals surface area contributed by atoms with Gasteiger partial charge in [0.2, 0.25) is 0 Å². The molecule has 0 bridgehead atoms. The Bertz CT molecular complexity index is 194. The van der Waals surface area contributed by atoms with Crippen LogP contribution in [0.15, 0.2) is 0 Å². The number of rotatable bonds is 4. The molecule has 3 heteroatoms. The van der Waals surface area contributed by atoms with Gasteiger partial charge in [-0.05, 0) is 39.9 Å². The van der Waals surface area contributed by atoms with E-state index in [4.69, 9.17) is 0 Å². The summed E-state index contributed by atoms with van der Waals surface area (Å²) >= 11 is 0. The lowest BCUT2D eigenvalue weighted by molar-refractivity contribution is 0.169. The van der Waals surface area contributed by atoms with Gasteiger partial charge >= 0.3 is 0 Å². The number of likely N-dealkylation sites (N-methyl/N-ethyl adjacent to an activating group) is 2. The molecule has 2 atom stereocenters. The van der Waals surface area contributed by atoms with Crippen LogP contribution in [0.1, 0.15) is 27.2 Å². The van der Waals surface area contributed by atoms with E-state index in [1.807, 2.05) is 0 Å². The van der Waals surface area contributed by atoms with Crippen LogP contribution in [-0.4, -0.2) is 62.2 Å². The second kappa shape index (κ2) is 6.58. The number of hydrogen-bond donors (Lipinski definition) is 1. The van der Waals surface area contributed by atoms with Gasteiger partial charge in [-0.1, -0.05) is 13.8 Å². The second-order valence-corrected chi connectivity index (χ2v) is 5.67. The highest BCUT2D eigenvalue weighted by Gasteiger charge is 2.26. The molecule has 1 heterocycles. The van der Waals surface area contributed by atoms with Crippen LogP contribution in [0, 0.1) is 5.92 Å². The van der Waals surface area contributed by atoms with E-state index in [-0.39, 0.29) is 0 Å². The summed E-state index contributed by atoms with van der Waals surface area (Å²) in [5.74, 6) is 0.772. The molecule has 0 saturated carbocycles. The highest BCUT2D eigenvalue weighted by Crippen LogP contribution is 2.15. The minimum atomic E-state index is 0.654. The van der Waals surface area contributed by atoms with E-state index < -0.39 is 0 Å². The van der Waals surface area contributed by atoms with Crippen LogP contribution in [-0.2, 0) is 0 Å². The maximum Gasteiger partial charge on any atom is 0.0347 e. The summed E-state index contributed by atoms with van der Waals surface area (Å²) in [6.07, 6.45) is 1.30. The Labute approximate surface area is 101 Å². The highest BCUT2D eigenvalue weighted by molar-refractivity contribution is 4.83. The quantitative estimate of drug-likeness (QED) is 0.780. The van der Waals surface area contributed by atoms with Crippen molar-refractivity contribution >= 4 is 0 Å². The zero-order valence-electron chi connectivity index (χ0n) is 11.7. The number of nitrogens with zero attached hydrogens (tertiary/aromatic N) is 2. The van der Waals surface area contributed by atoms with Crippen LogP contribution in [0.4, 0.5) is 0 Å². The molecule has 1 N–H and O–H groups in total. The predicted molar refractivity (Wildman–Crippen MR) is 70.8 cm³/mol. The van der Waals surface area contributed by atoms with E-state index in [1.165, 1.54) is 26.1 Å². The molecular weight excluding hydrogens is 198 g/mol. The Morgan fingerprint density at radius 3 is 2.62 bits per heavy atom. The summed E-state index contributed by atoms with van der Waals surface area (Å²) in [6, 6.07) is 1.36. The van der Waals surface area contributed by atoms with Gasteiger partial charge in [-0.2, -0.15) is 0 Å². The van der Waals surface area contributed by atoms with Crippen molar-refractivity contribution in [3.8, 4) is 0 Å². The van der Waals surface area contributed by atoms with Crippen molar-refractivity contribution in [2.45, 2.75) is 39.3 Å². The summed E-state index contributed by atoms with van der Waals surface area (Å²) in [4.78, 5) is 5.17. The zero-order valence-corrected chi connectivity index (χ0v) is 11.7. The maximum atomic E-state index is 3.32. The van der Waals surface area contributed by atoms with E-state index in [0.29, 0.717) is 12.1 Å². The van der Waals surface area contributed by atoms with Crippen molar-refractivity contribution in [1.29, 1.82) is 0 Å². The summed E-state index contributed by atoms with van der Waals surface area (Å²) in [5.41, 5.74) is 0. The van der Waals surface area contributed by atoms with Crippen molar-refractivity contribution in [2.75, 3.05) is 40.3 Å². The Kier molecular flexibility index (Phi) is 5.73. The maximum absolute atomic E-state index is 3.32. The highest BCUT2D eigenvalue weighted by atomic mass is 15.3. The standard InChI is InChI=1S/C13H29N3/c1-11(2)9-16-7-6-12(3)15(5)13(10-16)8-14-4/h11-14H,6-10H2,1-5H3. The van der Waals surface area contributed by atoms with E-state index in [1.54, 1.807) is 0 Å². The lowest BCUT2D eigenvalue weighted by Gasteiger charge is -2.32. The van der Waals surface area contributed by atoms with Gasteiger partial charge in [0.1, 0.15) is 0 Å². The molecule has 0 aromatic heterocycles. The predicted octanol–water partition coefficient (Wildman–Crippen LogP) is 1.26. The molecule has 16 heavy (non-hydrogen) atoms. The van der Waals surface area contributed by atoms with Crippen LogP contribution >= 0.6 is 0 Å². The average molecular weight is 227 g/mol. The zero-order chi connectivity index (χ0) is 12.1. The van der Waals surface area contributed by atoms with Crippen molar-refractivity contribution in [3.05, 3.63) is 0 Å². The molecule has 0 amide bonds. The summed E-state index contributed by atoms with van der Waals surface area (Å²) in [7, 11) is 4.32. The number of hydrogen-bond acceptors (Lipinski definition) is 3. The fraction of sp³-hybridized carbons (Fsp3) is 1.00. The minimum absolute atomic E-state index is 0.654. The van der Waals surface area contributed by atoms with Crippen molar-refractivity contribution in [1.82, 2.24) is 15.1 Å². The van der Waals surface area contributed by atoms with Gasteiger partial charge in [0, 0.05) is 31.7 Å². The Morgan fingerprint density at radius 1 is 1.38 bits per heavy atom. The third-order valence-corrected chi connectivity index (χ3v) is 3.67. The van der Waals surface area contributed by atoms with E-state index in [9.17, 15) is 0 Å². The number of nitrogens with one attached hydrogen (secondary N) is 1. The van der Waals surface area contributed by atoms with Crippen LogP contribution < -0.4 is 5.32 Å². The van der Waals surface area contributed by atoms with Gasteiger partial charge in [-0.25, -0.2) is 0 Å². The van der Waals surface area contributed by atoms with Crippen molar-refractivity contribution in [3.63, 3.8) is 0 Å². The van der Waals surface area contributed by atoms with E-state index in [0.717, 1.165) is 12.5 Å². The molecule has 0 aliphatic carbocycles. The Morgan fingerprint density at radius 2 is 2.06 bits per heavy atom. The molecule has 1 fully saturated rings. The SMILES string of the molecule is CNCC1CN(CC(C)C)CCC(C)N1C. The molecule has 0 aromatic rings. The minimum Gasteiger partial charge on any atom is -0.318 e. The first-order chi connectivity index (χ1) is 7.54. The van der Waals surface area contributed by atoms with Gasteiger partial charge in [0.05, 0.1) is 0 Å². The molecule has 2 unspecified atom stereocenters. The molecule has 96 valence electrons. The van der Waals surface area contributed by atoms with E-state index >= 15 is 0 Å². The molecular formula is C13H29N3. The Hall–Kier alpha value is -0.120. The first-order valence-corrected chi connectivity index (χ1v) is 6.63. The summed E-state index contributed by atoms with van der Waals surface area (Å²) in [6.45, 7) is 11.8. The first kappa shape index (κ1) is 13.9. The summed E-state index contributed by atoms with van der Waals surface area (Å²) in [5, 5.41) is 3.32. The molecule has 1 rings (SSSR count). The molecule has 3 nitrogen and oxygen atoms in total. The third kappa shape index (κ3) is 4.04. The topological polar surface area (TPSA) is 18.5 Å². The fourth-order valence-corrected chi connectivity index (χ4v) is 2.58. The van der Waals surface area contributed by atoms with Crippen LogP contribution in [0.3, 0.4) is 0 Å². The van der Waals surface area contributed by atoms with Gasteiger partial charge in [-0.3, -0.25) is 4.90 Å². The van der Waals surface area contributed by atoms with Gasteiger partial charge in [-0.15, -0.1) is 0 Å². The van der Waals surface area contributed by atoms with Crippen LogP contribution in [0.2, 0.25) is 0 Å². The second-order valence-electron chi connectivity index (χ2n) is 5.67. The molecule has 0 spiro atoms. The van der Waals surface area contributed by atoms with Gasteiger partial charge < -0.3 is 10.2 Å². The van der Waals surface area contributed by atoms with Crippen molar-refractivity contribution in [2.24, 2.45) is 5.92 Å². The molecule has 1 saturated heterocycles. The van der Waals surface area contributed by atoms with Crippen molar-refractivity contribution < 1.29 is 0 Å². The molecule has 0 aromatic carbocycles. The smallest absolute Gasteiger partial charge is 0.0347 e. The molecule has 1 aliphatic rings. The van der Waals surface area contributed by atoms with Crippen LogP contribution in [0.25, 0.3) is 0 Å². The summed E-state index contributed by atoms with van der Waals surface area (Å²) < 4.78 is 0. The fourth-order valence-electron chi connectivity index (χ4n) is 2.58. The van der Waals surface area contributed by atoms with Gasteiger partial charge in [0.25, 0.3) is 0 Å². The van der Waals surface area contributed by atoms with Gasteiger partial charge in [0.15, 0.2) is 0 Å². The van der Waals surface area contributed by atoms with E-state index in [2.05, 4.69) is 50.0 Å².